The van der Waals surface area contributed by atoms with Crippen molar-refractivity contribution in [3.05, 3.63) is 24.0 Å². The number of hydrogen-bond donors (Lipinski definition) is 2. The second-order valence-corrected chi connectivity index (χ2v) is 4.47. The summed E-state index contributed by atoms with van der Waals surface area (Å²) in [6.07, 6.45) is 4.01. The van der Waals surface area contributed by atoms with Crippen molar-refractivity contribution in [3.8, 4) is 6.07 Å². The molecule has 2 rings (SSSR count). The van der Waals surface area contributed by atoms with Crippen LogP contribution in [0, 0.1) is 11.3 Å². The lowest BCUT2D eigenvalue weighted by atomic mass is 10.2. The van der Waals surface area contributed by atoms with Gasteiger partial charge in [-0.05, 0) is 31.5 Å². The second-order valence-electron chi connectivity index (χ2n) is 4.47. The summed E-state index contributed by atoms with van der Waals surface area (Å²) in [5.41, 5.74) is 1.36. The number of hydrogen-bond acceptors (Lipinski definition) is 5. The molecule has 1 aliphatic heterocycles. The normalized spacial score (nSPS) is 18.6. The molecule has 96 valence electrons. The lowest BCUT2D eigenvalue weighted by molar-refractivity contribution is 0.300. The Hall–Kier alpha value is -1.64. The van der Waals surface area contributed by atoms with Crippen LogP contribution in [0.3, 0.4) is 0 Å². The first kappa shape index (κ1) is 12.8. The molecule has 5 nitrogen and oxygen atoms in total. The summed E-state index contributed by atoms with van der Waals surface area (Å²) in [4.78, 5) is 6.07. The molecule has 0 spiro atoms. The molecule has 0 aromatic carbocycles. The highest BCUT2D eigenvalue weighted by Gasteiger charge is 2.18. The van der Waals surface area contributed by atoms with Crippen LogP contribution in [-0.4, -0.2) is 42.4 Å². The quantitative estimate of drug-likeness (QED) is 0.791. The van der Waals surface area contributed by atoms with Crippen molar-refractivity contribution >= 4 is 5.69 Å². The summed E-state index contributed by atoms with van der Waals surface area (Å²) in [5, 5.41) is 21.5. The molecule has 1 saturated heterocycles. The SMILES string of the molecule is N#Cc1cc(N(CCO)CC2CCCN2)ccn1. The Morgan fingerprint density at radius 1 is 1.61 bits per heavy atom. The molecule has 2 N–H and O–H groups in total. The maximum absolute atomic E-state index is 9.16. The molecule has 1 aromatic heterocycles. The van der Waals surface area contributed by atoms with Crippen LogP contribution in [0.1, 0.15) is 18.5 Å². The monoisotopic (exact) mass is 246 g/mol. The predicted octanol–water partition coefficient (Wildman–Crippen LogP) is 0.504. The van der Waals surface area contributed by atoms with Gasteiger partial charge in [-0.1, -0.05) is 0 Å². The Morgan fingerprint density at radius 2 is 2.50 bits per heavy atom. The molecule has 2 heterocycles. The molecule has 0 radical (unpaired) electrons. The first-order valence-corrected chi connectivity index (χ1v) is 6.29. The first-order chi connectivity index (χ1) is 8.83. The van der Waals surface area contributed by atoms with Crippen molar-refractivity contribution in [2.75, 3.05) is 31.1 Å². The van der Waals surface area contributed by atoms with E-state index < -0.39 is 0 Å². The molecule has 1 aliphatic rings. The number of pyridine rings is 1. The average molecular weight is 246 g/mol. The zero-order valence-corrected chi connectivity index (χ0v) is 10.3. The minimum absolute atomic E-state index is 0.108. The molecule has 1 unspecified atom stereocenters. The van der Waals surface area contributed by atoms with E-state index in [2.05, 4.69) is 15.2 Å². The van der Waals surface area contributed by atoms with E-state index >= 15 is 0 Å². The van der Waals surface area contributed by atoms with Crippen molar-refractivity contribution in [1.82, 2.24) is 10.3 Å². The van der Waals surface area contributed by atoms with Crippen molar-refractivity contribution < 1.29 is 5.11 Å². The van der Waals surface area contributed by atoms with Crippen molar-refractivity contribution in [2.45, 2.75) is 18.9 Å². The van der Waals surface area contributed by atoms with Crippen LogP contribution in [0.25, 0.3) is 0 Å². The molecule has 0 aliphatic carbocycles. The molecule has 18 heavy (non-hydrogen) atoms. The minimum Gasteiger partial charge on any atom is -0.395 e. The summed E-state index contributed by atoms with van der Waals surface area (Å²) in [7, 11) is 0. The van der Waals surface area contributed by atoms with Crippen LogP contribution in [0.4, 0.5) is 5.69 Å². The number of rotatable bonds is 5. The van der Waals surface area contributed by atoms with E-state index in [1.54, 1.807) is 12.3 Å². The summed E-state index contributed by atoms with van der Waals surface area (Å²) >= 11 is 0. The summed E-state index contributed by atoms with van der Waals surface area (Å²) in [5.74, 6) is 0. The molecule has 0 bridgehead atoms. The van der Waals surface area contributed by atoms with E-state index in [0.717, 1.165) is 25.2 Å². The van der Waals surface area contributed by atoms with Crippen molar-refractivity contribution in [2.24, 2.45) is 0 Å². The Labute approximate surface area is 107 Å². The number of nitriles is 1. The third kappa shape index (κ3) is 3.19. The van der Waals surface area contributed by atoms with Gasteiger partial charge in [0.2, 0.25) is 0 Å². The number of nitrogens with one attached hydrogen (secondary N) is 1. The van der Waals surface area contributed by atoms with Crippen LogP contribution >= 0.6 is 0 Å². The number of nitrogens with zero attached hydrogens (tertiary/aromatic N) is 3. The fourth-order valence-electron chi connectivity index (χ4n) is 2.30. The summed E-state index contributed by atoms with van der Waals surface area (Å²) < 4.78 is 0. The van der Waals surface area contributed by atoms with Gasteiger partial charge in [0, 0.05) is 31.0 Å². The summed E-state index contributed by atoms with van der Waals surface area (Å²) in [6, 6.07) is 6.16. The maximum Gasteiger partial charge on any atom is 0.142 e. The maximum atomic E-state index is 9.16. The standard InChI is InChI=1S/C13H18N4O/c14-9-12-8-13(3-5-16-12)17(6-7-18)10-11-2-1-4-15-11/h3,5,8,11,15,18H,1-2,4,6-7,10H2. The molecular weight excluding hydrogens is 228 g/mol. The van der Waals surface area contributed by atoms with Crippen LogP contribution in [0.15, 0.2) is 18.3 Å². The average Bonchev–Trinajstić information content (AvgIpc) is 2.91. The zero-order valence-electron chi connectivity index (χ0n) is 10.3. The zero-order chi connectivity index (χ0) is 12.8. The molecule has 0 amide bonds. The van der Waals surface area contributed by atoms with Gasteiger partial charge in [0.25, 0.3) is 0 Å². The van der Waals surface area contributed by atoms with Gasteiger partial charge in [-0.3, -0.25) is 0 Å². The molecule has 1 aromatic rings. The van der Waals surface area contributed by atoms with Crippen LogP contribution in [0.2, 0.25) is 0 Å². The number of aliphatic hydroxyl groups excluding tert-OH is 1. The van der Waals surface area contributed by atoms with E-state index in [9.17, 15) is 0 Å². The topological polar surface area (TPSA) is 72.2 Å². The van der Waals surface area contributed by atoms with E-state index in [0.29, 0.717) is 18.3 Å². The Balaban J connectivity index is 2.09. The van der Waals surface area contributed by atoms with Gasteiger partial charge in [-0.2, -0.15) is 5.26 Å². The van der Waals surface area contributed by atoms with Gasteiger partial charge >= 0.3 is 0 Å². The van der Waals surface area contributed by atoms with Gasteiger partial charge in [-0.25, -0.2) is 4.98 Å². The third-order valence-electron chi connectivity index (χ3n) is 3.20. The molecule has 1 atom stereocenters. The van der Waals surface area contributed by atoms with Crippen LogP contribution in [-0.2, 0) is 0 Å². The van der Waals surface area contributed by atoms with E-state index in [1.165, 1.54) is 6.42 Å². The number of aliphatic hydroxyl groups is 1. The molecule has 0 saturated carbocycles. The fraction of sp³-hybridized carbons (Fsp3) is 0.538. The van der Waals surface area contributed by atoms with Gasteiger partial charge in [-0.15, -0.1) is 0 Å². The van der Waals surface area contributed by atoms with Crippen LogP contribution < -0.4 is 10.2 Å². The smallest absolute Gasteiger partial charge is 0.142 e. The lowest BCUT2D eigenvalue weighted by Gasteiger charge is -2.27. The lowest BCUT2D eigenvalue weighted by Crippen LogP contribution is -2.39. The highest BCUT2D eigenvalue weighted by atomic mass is 16.3. The first-order valence-electron chi connectivity index (χ1n) is 6.29. The number of aromatic nitrogens is 1. The molecular formula is C13H18N4O. The van der Waals surface area contributed by atoms with Gasteiger partial charge in [0.1, 0.15) is 11.8 Å². The third-order valence-corrected chi connectivity index (χ3v) is 3.20. The van der Waals surface area contributed by atoms with Gasteiger partial charge in [0.15, 0.2) is 0 Å². The number of anilines is 1. The van der Waals surface area contributed by atoms with E-state index in [1.807, 2.05) is 12.1 Å². The molecule has 1 fully saturated rings. The van der Waals surface area contributed by atoms with Gasteiger partial charge in [0.05, 0.1) is 6.61 Å². The largest absolute Gasteiger partial charge is 0.395 e. The Kier molecular flexibility index (Phi) is 4.51. The highest BCUT2D eigenvalue weighted by Crippen LogP contribution is 2.16. The van der Waals surface area contributed by atoms with E-state index in [-0.39, 0.29) is 6.61 Å². The van der Waals surface area contributed by atoms with E-state index in [4.69, 9.17) is 10.4 Å². The van der Waals surface area contributed by atoms with Crippen molar-refractivity contribution in [1.29, 1.82) is 5.26 Å². The minimum atomic E-state index is 0.108. The highest BCUT2D eigenvalue weighted by molar-refractivity contribution is 5.49. The second kappa shape index (κ2) is 6.34. The van der Waals surface area contributed by atoms with Crippen molar-refractivity contribution in [3.63, 3.8) is 0 Å². The Bertz CT molecular complexity index is 423. The van der Waals surface area contributed by atoms with Gasteiger partial charge < -0.3 is 15.3 Å². The predicted molar refractivity (Wildman–Crippen MR) is 69.3 cm³/mol. The Morgan fingerprint density at radius 3 is 3.17 bits per heavy atom. The summed E-state index contributed by atoms with van der Waals surface area (Å²) in [6.45, 7) is 2.61. The van der Waals surface area contributed by atoms with Crippen LogP contribution in [0.5, 0.6) is 0 Å². The molecule has 5 heteroatoms. The fourth-order valence-corrected chi connectivity index (χ4v) is 2.30.